The molecule has 108 valence electrons. The van der Waals surface area contributed by atoms with Crippen LogP contribution in [0, 0.1) is 0 Å². The molecule has 2 atom stereocenters. The van der Waals surface area contributed by atoms with Crippen molar-refractivity contribution in [3.05, 3.63) is 53.4 Å². The van der Waals surface area contributed by atoms with Crippen molar-refractivity contribution in [1.82, 2.24) is 4.31 Å². The van der Waals surface area contributed by atoms with Crippen LogP contribution < -0.4 is 0 Å². The smallest absolute Gasteiger partial charge is 0.252 e. The Morgan fingerprint density at radius 1 is 1.15 bits per heavy atom. The quantitative estimate of drug-likeness (QED) is 0.923. The van der Waals surface area contributed by atoms with Crippen LogP contribution in [0.25, 0.3) is 0 Å². The molecule has 2 rings (SSSR count). The number of sulfonamides is 1. The predicted octanol–water partition coefficient (Wildman–Crippen LogP) is 2.49. The van der Waals surface area contributed by atoms with Gasteiger partial charge in [-0.1, -0.05) is 36.4 Å². The molecular formula is C14H17NO3S2. The second kappa shape index (κ2) is 6.05. The van der Waals surface area contributed by atoms with E-state index in [1.54, 1.807) is 36.6 Å². The number of likely N-dealkylation sites (N-methyl/N-ethyl adjacent to an activating group) is 1. The first-order valence-corrected chi connectivity index (χ1v) is 8.51. The van der Waals surface area contributed by atoms with Crippen LogP contribution in [0.2, 0.25) is 0 Å². The van der Waals surface area contributed by atoms with E-state index in [2.05, 4.69) is 0 Å². The van der Waals surface area contributed by atoms with Crippen molar-refractivity contribution in [2.45, 2.75) is 23.3 Å². The number of hydrogen-bond donors (Lipinski definition) is 1. The van der Waals surface area contributed by atoms with Gasteiger partial charge in [0.05, 0.1) is 12.1 Å². The van der Waals surface area contributed by atoms with Gasteiger partial charge in [0.2, 0.25) is 0 Å². The molecule has 0 fully saturated rings. The molecule has 1 heterocycles. The van der Waals surface area contributed by atoms with Gasteiger partial charge >= 0.3 is 0 Å². The van der Waals surface area contributed by atoms with Crippen LogP contribution in [0.4, 0.5) is 0 Å². The van der Waals surface area contributed by atoms with Crippen LogP contribution in [0.5, 0.6) is 0 Å². The van der Waals surface area contributed by atoms with Crippen LogP contribution in [0.3, 0.4) is 0 Å². The van der Waals surface area contributed by atoms with E-state index >= 15 is 0 Å². The molecular weight excluding hydrogens is 294 g/mol. The monoisotopic (exact) mass is 311 g/mol. The molecule has 0 aliphatic heterocycles. The van der Waals surface area contributed by atoms with Crippen LogP contribution in [-0.2, 0) is 10.0 Å². The first-order valence-electron chi connectivity index (χ1n) is 6.19. The van der Waals surface area contributed by atoms with Gasteiger partial charge in [-0.2, -0.15) is 4.31 Å². The molecule has 1 aromatic heterocycles. The van der Waals surface area contributed by atoms with E-state index in [4.69, 9.17) is 0 Å². The Labute approximate surface area is 123 Å². The SMILES string of the molecule is C[C@@H]([C@H](O)c1ccccc1)N(C)S(=O)(=O)c1cccs1. The summed E-state index contributed by atoms with van der Waals surface area (Å²) in [7, 11) is -2.06. The minimum Gasteiger partial charge on any atom is -0.387 e. The second-order valence-electron chi connectivity index (χ2n) is 4.55. The Morgan fingerprint density at radius 2 is 1.80 bits per heavy atom. The fourth-order valence-corrected chi connectivity index (χ4v) is 4.44. The zero-order chi connectivity index (χ0) is 14.8. The van der Waals surface area contributed by atoms with Crippen molar-refractivity contribution in [3.8, 4) is 0 Å². The summed E-state index contributed by atoms with van der Waals surface area (Å²) in [5.41, 5.74) is 0.702. The highest BCUT2D eigenvalue weighted by atomic mass is 32.2. The highest BCUT2D eigenvalue weighted by molar-refractivity contribution is 7.91. The molecule has 0 spiro atoms. The Balaban J connectivity index is 2.23. The molecule has 0 radical (unpaired) electrons. The van der Waals surface area contributed by atoms with Crippen LogP contribution in [0.1, 0.15) is 18.6 Å². The number of thiophene rings is 1. The average Bonchev–Trinajstić information content (AvgIpc) is 3.00. The Bertz CT molecular complexity index is 638. The summed E-state index contributed by atoms with van der Waals surface area (Å²) in [5.74, 6) is 0. The zero-order valence-corrected chi connectivity index (χ0v) is 12.9. The van der Waals surface area contributed by atoms with E-state index < -0.39 is 22.2 Å². The standard InChI is InChI=1S/C14H17NO3S2/c1-11(14(16)12-7-4-3-5-8-12)15(2)20(17,18)13-9-6-10-19-13/h3-11,14,16H,1-2H3/t11-,14-/m0/s1. The lowest BCUT2D eigenvalue weighted by Crippen LogP contribution is -2.38. The lowest BCUT2D eigenvalue weighted by atomic mass is 10.0. The van der Waals surface area contributed by atoms with Gasteiger partial charge < -0.3 is 5.11 Å². The minimum absolute atomic E-state index is 0.284. The maximum absolute atomic E-state index is 12.4. The third-order valence-electron chi connectivity index (χ3n) is 3.30. The molecule has 2 aromatic rings. The Hall–Kier alpha value is -1.21. The lowest BCUT2D eigenvalue weighted by molar-refractivity contribution is 0.108. The fraction of sp³-hybridized carbons (Fsp3) is 0.286. The van der Waals surface area contributed by atoms with Crippen molar-refractivity contribution < 1.29 is 13.5 Å². The fourth-order valence-electron chi connectivity index (χ4n) is 1.90. The largest absolute Gasteiger partial charge is 0.387 e. The van der Waals surface area contributed by atoms with Crippen LogP contribution in [0.15, 0.2) is 52.1 Å². The number of benzene rings is 1. The molecule has 0 bridgehead atoms. The number of aliphatic hydroxyl groups excluding tert-OH is 1. The van der Waals surface area contributed by atoms with Gasteiger partial charge in [0.15, 0.2) is 0 Å². The third kappa shape index (κ3) is 2.93. The summed E-state index contributed by atoms with van der Waals surface area (Å²) >= 11 is 1.17. The maximum atomic E-state index is 12.4. The topological polar surface area (TPSA) is 57.6 Å². The number of hydrogen-bond acceptors (Lipinski definition) is 4. The van der Waals surface area contributed by atoms with Crippen molar-refractivity contribution in [1.29, 1.82) is 0 Å². The first-order chi connectivity index (χ1) is 9.44. The lowest BCUT2D eigenvalue weighted by Gasteiger charge is -2.28. The normalized spacial score (nSPS) is 15.2. The molecule has 0 aliphatic rings. The highest BCUT2D eigenvalue weighted by Crippen LogP contribution is 2.26. The van der Waals surface area contributed by atoms with Gasteiger partial charge in [0, 0.05) is 7.05 Å². The summed E-state index contributed by atoms with van der Waals surface area (Å²) < 4.78 is 26.3. The molecule has 0 saturated heterocycles. The predicted molar refractivity (Wildman–Crippen MR) is 80.1 cm³/mol. The van der Waals surface area contributed by atoms with Gasteiger partial charge in [-0.25, -0.2) is 8.42 Å². The second-order valence-corrected chi connectivity index (χ2v) is 7.72. The molecule has 0 unspecified atom stereocenters. The Morgan fingerprint density at radius 3 is 2.35 bits per heavy atom. The van der Waals surface area contributed by atoms with Crippen molar-refractivity contribution in [2.24, 2.45) is 0 Å². The molecule has 0 amide bonds. The molecule has 1 aromatic carbocycles. The molecule has 0 aliphatic carbocycles. The van der Waals surface area contributed by atoms with Gasteiger partial charge in [-0.15, -0.1) is 11.3 Å². The molecule has 6 heteroatoms. The summed E-state index contributed by atoms with van der Waals surface area (Å²) in [5, 5.41) is 12.0. The average molecular weight is 311 g/mol. The molecule has 1 N–H and O–H groups in total. The van der Waals surface area contributed by atoms with E-state index in [9.17, 15) is 13.5 Å². The van der Waals surface area contributed by atoms with Crippen LogP contribution >= 0.6 is 11.3 Å². The maximum Gasteiger partial charge on any atom is 0.252 e. The zero-order valence-electron chi connectivity index (χ0n) is 11.3. The summed E-state index contributed by atoms with van der Waals surface area (Å²) in [6, 6.07) is 11.8. The summed E-state index contributed by atoms with van der Waals surface area (Å²) in [6.07, 6.45) is -0.865. The van der Waals surface area contributed by atoms with E-state index in [0.717, 1.165) is 0 Å². The van der Waals surface area contributed by atoms with Gasteiger partial charge in [-0.05, 0) is 23.9 Å². The van der Waals surface area contributed by atoms with E-state index in [1.165, 1.54) is 22.7 Å². The summed E-state index contributed by atoms with van der Waals surface area (Å²) in [4.78, 5) is 0. The number of rotatable bonds is 5. The molecule has 4 nitrogen and oxygen atoms in total. The minimum atomic E-state index is -3.56. The third-order valence-corrected chi connectivity index (χ3v) is 6.62. The van der Waals surface area contributed by atoms with Gasteiger partial charge in [-0.3, -0.25) is 0 Å². The Kier molecular flexibility index (Phi) is 4.59. The van der Waals surface area contributed by atoms with Crippen molar-refractivity contribution in [2.75, 3.05) is 7.05 Å². The van der Waals surface area contributed by atoms with Crippen LogP contribution in [-0.4, -0.2) is 30.9 Å². The van der Waals surface area contributed by atoms with Crippen molar-refractivity contribution >= 4 is 21.4 Å². The first kappa shape index (κ1) is 15.2. The molecule has 20 heavy (non-hydrogen) atoms. The highest BCUT2D eigenvalue weighted by Gasteiger charge is 2.30. The van der Waals surface area contributed by atoms with Gasteiger partial charge in [0.25, 0.3) is 10.0 Å². The van der Waals surface area contributed by atoms with E-state index in [1.807, 2.05) is 18.2 Å². The van der Waals surface area contributed by atoms with Gasteiger partial charge in [0.1, 0.15) is 4.21 Å². The van der Waals surface area contributed by atoms with E-state index in [0.29, 0.717) is 5.56 Å². The van der Waals surface area contributed by atoms with Crippen molar-refractivity contribution in [3.63, 3.8) is 0 Å². The molecule has 0 saturated carbocycles. The number of aliphatic hydroxyl groups is 1. The van der Waals surface area contributed by atoms with E-state index in [-0.39, 0.29) is 4.21 Å². The summed E-state index contributed by atoms with van der Waals surface area (Å²) in [6.45, 7) is 1.70. The number of nitrogens with zero attached hydrogens (tertiary/aromatic N) is 1.